The summed E-state index contributed by atoms with van der Waals surface area (Å²) in [7, 11) is 0. The molecule has 1 aromatic carbocycles. The van der Waals surface area contributed by atoms with Crippen LogP contribution in [0.25, 0.3) is 10.2 Å². The Kier molecular flexibility index (Phi) is 2.96. The first-order valence-corrected chi connectivity index (χ1v) is 7.81. The van der Waals surface area contributed by atoms with Gasteiger partial charge in [-0.2, -0.15) is 5.10 Å². The molecule has 6 heteroatoms. The maximum absolute atomic E-state index is 12.6. The van der Waals surface area contributed by atoms with E-state index >= 15 is 0 Å². The fourth-order valence-electron chi connectivity index (χ4n) is 2.81. The number of thiazole rings is 1. The zero-order valence-corrected chi connectivity index (χ0v) is 12.2. The zero-order chi connectivity index (χ0) is 14.2. The fourth-order valence-corrected chi connectivity index (χ4v) is 3.53. The lowest BCUT2D eigenvalue weighted by Gasteiger charge is -2.16. The standard InChI is InChI=1S/C15H14N4OS/c20-15(11-2-3-13-14(8-11)21-10-16-13)18-7-4-12(9-18)19-6-1-5-17-19/h1-3,5-6,8,10,12H,4,7,9H2. The second-order valence-electron chi connectivity index (χ2n) is 5.21. The van der Waals surface area contributed by atoms with Gasteiger partial charge in [-0.15, -0.1) is 11.3 Å². The van der Waals surface area contributed by atoms with Crippen molar-refractivity contribution in [3.8, 4) is 0 Å². The molecule has 5 nitrogen and oxygen atoms in total. The fraction of sp³-hybridized carbons (Fsp3) is 0.267. The van der Waals surface area contributed by atoms with E-state index in [-0.39, 0.29) is 11.9 Å². The van der Waals surface area contributed by atoms with Gasteiger partial charge in [0, 0.05) is 31.0 Å². The van der Waals surface area contributed by atoms with Crippen molar-refractivity contribution in [2.45, 2.75) is 12.5 Å². The van der Waals surface area contributed by atoms with Crippen LogP contribution in [0.15, 0.2) is 42.2 Å². The molecule has 4 rings (SSSR count). The summed E-state index contributed by atoms with van der Waals surface area (Å²) in [5.74, 6) is 0.0972. The Balaban J connectivity index is 1.55. The number of fused-ring (bicyclic) bond motifs is 1. The highest BCUT2D eigenvalue weighted by molar-refractivity contribution is 7.16. The minimum Gasteiger partial charge on any atom is -0.336 e. The van der Waals surface area contributed by atoms with Gasteiger partial charge >= 0.3 is 0 Å². The van der Waals surface area contributed by atoms with Gasteiger partial charge in [-0.05, 0) is 30.7 Å². The van der Waals surface area contributed by atoms with Crippen LogP contribution in [0, 0.1) is 0 Å². The third-order valence-electron chi connectivity index (χ3n) is 3.93. The van der Waals surface area contributed by atoms with Crippen LogP contribution in [0.5, 0.6) is 0 Å². The number of hydrogen-bond donors (Lipinski definition) is 0. The Hall–Kier alpha value is -2.21. The van der Waals surface area contributed by atoms with Crippen molar-refractivity contribution in [3.05, 3.63) is 47.7 Å². The number of hydrogen-bond acceptors (Lipinski definition) is 4. The molecule has 1 unspecified atom stereocenters. The molecule has 2 aromatic heterocycles. The highest BCUT2D eigenvalue weighted by Gasteiger charge is 2.28. The van der Waals surface area contributed by atoms with Gasteiger partial charge < -0.3 is 4.90 Å². The number of carbonyl (C=O) groups is 1. The van der Waals surface area contributed by atoms with Crippen LogP contribution in [0.4, 0.5) is 0 Å². The molecule has 106 valence electrons. The van der Waals surface area contributed by atoms with E-state index < -0.39 is 0 Å². The molecule has 0 N–H and O–H groups in total. The first kappa shape index (κ1) is 12.5. The van der Waals surface area contributed by atoms with E-state index in [2.05, 4.69) is 10.1 Å². The van der Waals surface area contributed by atoms with Gasteiger partial charge in [0.2, 0.25) is 0 Å². The van der Waals surface area contributed by atoms with Crippen LogP contribution in [0.3, 0.4) is 0 Å². The van der Waals surface area contributed by atoms with Gasteiger partial charge in [0.25, 0.3) is 5.91 Å². The van der Waals surface area contributed by atoms with E-state index in [1.54, 1.807) is 17.5 Å². The molecule has 3 heterocycles. The van der Waals surface area contributed by atoms with Crippen LogP contribution in [-0.4, -0.2) is 38.7 Å². The summed E-state index contributed by atoms with van der Waals surface area (Å²) in [6.07, 6.45) is 4.69. The van der Waals surface area contributed by atoms with E-state index in [1.807, 2.05) is 45.6 Å². The molecule has 0 bridgehead atoms. The molecular formula is C15H14N4OS. The van der Waals surface area contributed by atoms with Crippen LogP contribution in [0.2, 0.25) is 0 Å². The lowest BCUT2D eigenvalue weighted by Crippen LogP contribution is -2.29. The normalized spacial score (nSPS) is 18.5. The smallest absolute Gasteiger partial charge is 0.253 e. The van der Waals surface area contributed by atoms with Crippen molar-refractivity contribution in [3.63, 3.8) is 0 Å². The summed E-state index contributed by atoms with van der Waals surface area (Å²) in [6.45, 7) is 1.51. The lowest BCUT2D eigenvalue weighted by molar-refractivity contribution is 0.0787. The van der Waals surface area contributed by atoms with E-state index in [4.69, 9.17) is 0 Å². The molecule has 0 spiro atoms. The number of aromatic nitrogens is 3. The van der Waals surface area contributed by atoms with Crippen LogP contribution in [-0.2, 0) is 0 Å². The molecule has 1 fully saturated rings. The van der Waals surface area contributed by atoms with Crippen LogP contribution in [0.1, 0.15) is 22.8 Å². The monoisotopic (exact) mass is 298 g/mol. The second-order valence-corrected chi connectivity index (χ2v) is 6.10. The van der Waals surface area contributed by atoms with Crippen molar-refractivity contribution in [1.29, 1.82) is 0 Å². The summed E-state index contributed by atoms with van der Waals surface area (Å²) in [5, 5.41) is 4.27. The van der Waals surface area contributed by atoms with Crippen molar-refractivity contribution in [2.75, 3.05) is 13.1 Å². The predicted molar refractivity (Wildman–Crippen MR) is 81.4 cm³/mol. The largest absolute Gasteiger partial charge is 0.336 e. The molecule has 0 saturated carbocycles. The summed E-state index contributed by atoms with van der Waals surface area (Å²) in [4.78, 5) is 18.8. The zero-order valence-electron chi connectivity index (χ0n) is 11.3. The maximum Gasteiger partial charge on any atom is 0.253 e. The third kappa shape index (κ3) is 2.21. The van der Waals surface area contributed by atoms with Crippen molar-refractivity contribution in [2.24, 2.45) is 0 Å². The molecule has 1 atom stereocenters. The minimum atomic E-state index is 0.0972. The minimum absolute atomic E-state index is 0.0972. The number of rotatable bonds is 2. The highest BCUT2D eigenvalue weighted by atomic mass is 32.1. The molecule has 1 aliphatic rings. The first-order chi connectivity index (χ1) is 10.3. The average Bonchev–Trinajstić information content (AvgIpc) is 3.24. The first-order valence-electron chi connectivity index (χ1n) is 6.93. The number of nitrogens with zero attached hydrogens (tertiary/aromatic N) is 4. The Labute approximate surface area is 125 Å². The van der Waals surface area contributed by atoms with E-state index in [0.29, 0.717) is 0 Å². The molecule has 21 heavy (non-hydrogen) atoms. The second kappa shape index (κ2) is 4.96. The molecule has 1 amide bonds. The molecule has 0 aliphatic carbocycles. The summed E-state index contributed by atoms with van der Waals surface area (Å²) in [6, 6.07) is 7.93. The SMILES string of the molecule is O=C(c1ccc2ncsc2c1)N1CCC(n2cccn2)C1. The van der Waals surface area contributed by atoms with Gasteiger partial charge in [-0.1, -0.05) is 0 Å². The number of carbonyl (C=O) groups excluding carboxylic acids is 1. The van der Waals surface area contributed by atoms with E-state index in [0.717, 1.165) is 35.3 Å². The molecular weight excluding hydrogens is 284 g/mol. The van der Waals surface area contributed by atoms with Crippen LogP contribution >= 0.6 is 11.3 Å². The Morgan fingerprint density at radius 1 is 1.38 bits per heavy atom. The van der Waals surface area contributed by atoms with Gasteiger partial charge in [0.1, 0.15) is 0 Å². The topological polar surface area (TPSA) is 51.0 Å². The van der Waals surface area contributed by atoms with Gasteiger partial charge in [-0.25, -0.2) is 4.98 Å². The average molecular weight is 298 g/mol. The van der Waals surface area contributed by atoms with E-state index in [9.17, 15) is 4.79 Å². The number of amides is 1. The molecule has 0 radical (unpaired) electrons. The molecule has 1 saturated heterocycles. The molecule has 1 aliphatic heterocycles. The van der Waals surface area contributed by atoms with Gasteiger partial charge in [-0.3, -0.25) is 9.48 Å². The van der Waals surface area contributed by atoms with Crippen molar-refractivity contribution >= 4 is 27.5 Å². The van der Waals surface area contributed by atoms with Gasteiger partial charge in [0.15, 0.2) is 0 Å². The van der Waals surface area contributed by atoms with E-state index in [1.165, 1.54) is 0 Å². The van der Waals surface area contributed by atoms with Gasteiger partial charge in [0.05, 0.1) is 21.8 Å². The maximum atomic E-state index is 12.6. The predicted octanol–water partition coefficient (Wildman–Crippen LogP) is 2.58. The Morgan fingerprint density at radius 3 is 3.19 bits per heavy atom. The summed E-state index contributed by atoms with van der Waals surface area (Å²) in [5.41, 5.74) is 3.50. The van der Waals surface area contributed by atoms with Crippen molar-refractivity contribution in [1.82, 2.24) is 19.7 Å². The Morgan fingerprint density at radius 2 is 2.33 bits per heavy atom. The molecule has 3 aromatic rings. The number of likely N-dealkylation sites (tertiary alicyclic amines) is 1. The van der Waals surface area contributed by atoms with Crippen molar-refractivity contribution < 1.29 is 4.79 Å². The highest BCUT2D eigenvalue weighted by Crippen LogP contribution is 2.24. The third-order valence-corrected chi connectivity index (χ3v) is 4.72. The quantitative estimate of drug-likeness (QED) is 0.730. The summed E-state index contributed by atoms with van der Waals surface area (Å²) >= 11 is 1.56. The lowest BCUT2D eigenvalue weighted by atomic mass is 10.2. The summed E-state index contributed by atoms with van der Waals surface area (Å²) < 4.78 is 3.00. The Bertz CT molecular complexity index is 780. The number of benzene rings is 1. The van der Waals surface area contributed by atoms with Crippen LogP contribution < -0.4 is 0 Å².